The summed E-state index contributed by atoms with van der Waals surface area (Å²) >= 11 is 0. The van der Waals surface area contributed by atoms with E-state index in [0.29, 0.717) is 28.5 Å². The molecule has 5 heteroatoms. The number of carbonyl (C=O) groups excluding carboxylic acids is 1. The van der Waals surface area contributed by atoms with E-state index in [-0.39, 0.29) is 5.78 Å². The number of para-hydroxylation sites is 2. The summed E-state index contributed by atoms with van der Waals surface area (Å²) in [4.78, 5) is 13.9. The monoisotopic (exact) mass is 463 g/mol. The Morgan fingerprint density at radius 3 is 2.03 bits per heavy atom. The molecular formula is C30H25NO4. The molecule has 0 saturated carbocycles. The molecule has 5 nitrogen and oxygen atoms in total. The Kier molecular flexibility index (Phi) is 5.98. The average molecular weight is 464 g/mol. The summed E-state index contributed by atoms with van der Waals surface area (Å²) in [6.45, 7) is 0. The molecule has 1 aromatic heterocycles. The number of ether oxygens (including phenoxy) is 3. The maximum Gasteiger partial charge on any atom is 0.209 e. The lowest BCUT2D eigenvalue weighted by molar-refractivity contribution is 0.103. The van der Waals surface area contributed by atoms with E-state index in [2.05, 4.69) is 0 Å². The van der Waals surface area contributed by atoms with Crippen LogP contribution in [0.4, 0.5) is 0 Å². The molecule has 0 saturated heterocycles. The second kappa shape index (κ2) is 9.39. The molecule has 0 aliphatic carbocycles. The Bertz CT molecular complexity index is 1490. The first-order valence-electron chi connectivity index (χ1n) is 11.3. The maximum absolute atomic E-state index is 13.9. The molecule has 0 unspecified atom stereocenters. The maximum atomic E-state index is 13.9. The number of fused-ring (bicyclic) bond motifs is 1. The minimum Gasteiger partial charge on any atom is -0.493 e. The number of hydrogen-bond donors (Lipinski definition) is 0. The number of nitrogens with zero attached hydrogens (tertiary/aromatic N) is 1. The van der Waals surface area contributed by atoms with Crippen LogP contribution in [0.1, 0.15) is 16.1 Å². The van der Waals surface area contributed by atoms with Crippen LogP contribution in [0.3, 0.4) is 0 Å². The second-order valence-corrected chi connectivity index (χ2v) is 8.08. The Balaban J connectivity index is 1.62. The van der Waals surface area contributed by atoms with Crippen LogP contribution in [-0.4, -0.2) is 31.7 Å². The molecule has 0 radical (unpaired) electrons. The zero-order valence-electron chi connectivity index (χ0n) is 19.8. The molecule has 0 amide bonds. The SMILES string of the molecule is COc1cc(-c2cccc(C(=O)c3cc4ccccc4n3-c3ccccc3)c2)cc(OC)c1OC. The van der Waals surface area contributed by atoms with Crippen molar-refractivity contribution in [2.75, 3.05) is 21.3 Å². The van der Waals surface area contributed by atoms with E-state index in [9.17, 15) is 4.79 Å². The summed E-state index contributed by atoms with van der Waals surface area (Å²) in [5.41, 5.74) is 4.87. The van der Waals surface area contributed by atoms with Crippen LogP contribution in [0.5, 0.6) is 17.2 Å². The van der Waals surface area contributed by atoms with Crippen LogP contribution < -0.4 is 14.2 Å². The number of methoxy groups -OCH3 is 3. The zero-order chi connectivity index (χ0) is 24.4. The van der Waals surface area contributed by atoms with Crippen molar-refractivity contribution in [2.45, 2.75) is 0 Å². The van der Waals surface area contributed by atoms with Gasteiger partial charge in [0.05, 0.1) is 32.5 Å². The summed E-state index contributed by atoms with van der Waals surface area (Å²) in [5, 5.41) is 1.01. The number of rotatable bonds is 7. The summed E-state index contributed by atoms with van der Waals surface area (Å²) in [7, 11) is 4.75. The van der Waals surface area contributed by atoms with Gasteiger partial charge in [0.1, 0.15) is 0 Å². The number of ketones is 1. The van der Waals surface area contributed by atoms with Crippen LogP contribution in [-0.2, 0) is 0 Å². The number of benzene rings is 4. The lowest BCUT2D eigenvalue weighted by Crippen LogP contribution is -2.09. The van der Waals surface area contributed by atoms with Crippen LogP contribution in [0.2, 0.25) is 0 Å². The van der Waals surface area contributed by atoms with Gasteiger partial charge in [0, 0.05) is 16.6 Å². The summed E-state index contributed by atoms with van der Waals surface area (Å²) in [6.07, 6.45) is 0. The molecule has 1 heterocycles. The Hall–Kier alpha value is -4.51. The van der Waals surface area contributed by atoms with Gasteiger partial charge in [-0.1, -0.05) is 54.6 Å². The van der Waals surface area contributed by atoms with Crippen LogP contribution in [0, 0.1) is 0 Å². The molecule has 0 atom stereocenters. The Morgan fingerprint density at radius 2 is 1.34 bits per heavy atom. The fourth-order valence-electron chi connectivity index (χ4n) is 4.41. The van der Waals surface area contributed by atoms with Gasteiger partial charge in [0.2, 0.25) is 11.5 Å². The Morgan fingerprint density at radius 1 is 0.657 bits per heavy atom. The van der Waals surface area contributed by atoms with E-state index < -0.39 is 0 Å². The summed E-state index contributed by atoms with van der Waals surface area (Å²) < 4.78 is 18.5. The lowest BCUT2D eigenvalue weighted by Gasteiger charge is -2.15. The van der Waals surface area contributed by atoms with Crippen molar-refractivity contribution in [3.8, 4) is 34.1 Å². The highest BCUT2D eigenvalue weighted by molar-refractivity contribution is 6.11. The molecule has 0 aliphatic heterocycles. The lowest BCUT2D eigenvalue weighted by atomic mass is 9.99. The smallest absolute Gasteiger partial charge is 0.209 e. The van der Waals surface area contributed by atoms with Gasteiger partial charge >= 0.3 is 0 Å². The van der Waals surface area contributed by atoms with Crippen molar-refractivity contribution in [3.63, 3.8) is 0 Å². The van der Waals surface area contributed by atoms with E-state index in [4.69, 9.17) is 14.2 Å². The minimum absolute atomic E-state index is 0.0562. The zero-order valence-corrected chi connectivity index (χ0v) is 19.8. The number of carbonyl (C=O) groups is 1. The van der Waals surface area contributed by atoms with Gasteiger partial charge in [-0.3, -0.25) is 4.79 Å². The Labute approximate surface area is 204 Å². The van der Waals surface area contributed by atoms with E-state index in [1.165, 1.54) is 0 Å². The molecule has 35 heavy (non-hydrogen) atoms. The van der Waals surface area contributed by atoms with Gasteiger partial charge in [-0.25, -0.2) is 0 Å². The predicted octanol–water partition coefficient (Wildman–Crippen LogP) is 6.55. The van der Waals surface area contributed by atoms with Crippen molar-refractivity contribution in [2.24, 2.45) is 0 Å². The summed E-state index contributed by atoms with van der Waals surface area (Å²) in [6, 6.07) is 31.3. The molecule has 5 rings (SSSR count). The highest BCUT2D eigenvalue weighted by atomic mass is 16.5. The van der Waals surface area contributed by atoms with Crippen molar-refractivity contribution >= 4 is 16.7 Å². The molecule has 5 aromatic rings. The van der Waals surface area contributed by atoms with Gasteiger partial charge in [0.15, 0.2) is 11.5 Å². The predicted molar refractivity (Wildman–Crippen MR) is 138 cm³/mol. The minimum atomic E-state index is -0.0562. The van der Waals surface area contributed by atoms with Crippen LogP contribution in [0.15, 0.2) is 97.1 Å². The molecule has 174 valence electrons. The highest BCUT2D eigenvalue weighted by Gasteiger charge is 2.20. The van der Waals surface area contributed by atoms with E-state index >= 15 is 0 Å². The van der Waals surface area contributed by atoms with Crippen molar-refractivity contribution < 1.29 is 19.0 Å². The number of hydrogen-bond acceptors (Lipinski definition) is 4. The van der Waals surface area contributed by atoms with E-state index in [0.717, 1.165) is 27.7 Å². The third-order valence-electron chi connectivity index (χ3n) is 6.08. The van der Waals surface area contributed by atoms with Crippen molar-refractivity contribution in [1.29, 1.82) is 0 Å². The first kappa shape index (κ1) is 22.3. The fourth-order valence-corrected chi connectivity index (χ4v) is 4.41. The van der Waals surface area contributed by atoms with Crippen molar-refractivity contribution in [1.82, 2.24) is 4.57 Å². The largest absolute Gasteiger partial charge is 0.493 e. The summed E-state index contributed by atoms with van der Waals surface area (Å²) in [5.74, 6) is 1.59. The van der Waals surface area contributed by atoms with Gasteiger partial charge in [-0.05, 0) is 53.6 Å². The third-order valence-corrected chi connectivity index (χ3v) is 6.08. The molecule has 0 bridgehead atoms. The molecule has 0 N–H and O–H groups in total. The van der Waals surface area contributed by atoms with Gasteiger partial charge < -0.3 is 18.8 Å². The first-order chi connectivity index (χ1) is 17.1. The van der Waals surface area contributed by atoms with Crippen LogP contribution in [0.25, 0.3) is 27.7 Å². The normalized spacial score (nSPS) is 10.8. The average Bonchev–Trinajstić information content (AvgIpc) is 3.32. The van der Waals surface area contributed by atoms with E-state index in [1.807, 2.05) is 102 Å². The quantitative estimate of drug-likeness (QED) is 0.257. The molecule has 0 fully saturated rings. The van der Waals surface area contributed by atoms with Gasteiger partial charge in [0.25, 0.3) is 0 Å². The van der Waals surface area contributed by atoms with Crippen molar-refractivity contribution in [3.05, 3.63) is 108 Å². The highest BCUT2D eigenvalue weighted by Crippen LogP contribution is 2.41. The fraction of sp³-hybridized carbons (Fsp3) is 0.100. The third kappa shape index (κ3) is 4.02. The van der Waals surface area contributed by atoms with Gasteiger partial charge in [-0.2, -0.15) is 0 Å². The van der Waals surface area contributed by atoms with E-state index in [1.54, 1.807) is 21.3 Å². The van der Waals surface area contributed by atoms with Gasteiger partial charge in [-0.15, -0.1) is 0 Å². The number of aromatic nitrogens is 1. The molecular weight excluding hydrogens is 438 g/mol. The first-order valence-corrected chi connectivity index (χ1v) is 11.3. The van der Waals surface area contributed by atoms with Crippen LogP contribution >= 0.6 is 0 Å². The molecule has 0 aliphatic rings. The standard InChI is InChI=1S/C30H25NO4/c1-33-27-18-23(19-28(34-2)30(27)35-3)20-11-9-12-22(16-20)29(32)26-17-21-10-7-8-15-25(21)31(26)24-13-5-4-6-14-24/h4-19H,1-3H3. The topological polar surface area (TPSA) is 49.7 Å². The molecule has 0 spiro atoms. The molecule has 4 aromatic carbocycles. The second-order valence-electron chi connectivity index (χ2n) is 8.08.